The maximum atomic E-state index is 15.0. The second-order valence-corrected chi connectivity index (χ2v) is 15.6. The lowest BCUT2D eigenvalue weighted by atomic mass is 10.0. The van der Waals surface area contributed by atoms with Crippen LogP contribution in [0.3, 0.4) is 0 Å². The van der Waals surface area contributed by atoms with Gasteiger partial charge in [-0.05, 0) is 48.6 Å². The van der Waals surface area contributed by atoms with E-state index in [4.69, 9.17) is 20.3 Å². The maximum Gasteiger partial charge on any atom is 0.305 e. The Bertz CT molecular complexity index is 2020. The van der Waals surface area contributed by atoms with Crippen LogP contribution in [0, 0.1) is 17.6 Å². The number of anilines is 2. The second-order valence-electron chi connectivity index (χ2n) is 13.2. The predicted octanol–water partition coefficient (Wildman–Crippen LogP) is 3.38. The minimum absolute atomic E-state index is 0.108. The van der Waals surface area contributed by atoms with Crippen LogP contribution in [-0.4, -0.2) is 92.0 Å². The molecule has 284 valence electrons. The van der Waals surface area contributed by atoms with Crippen LogP contribution in [0.1, 0.15) is 45.1 Å². The largest absolute Gasteiger partial charge is 0.493 e. The lowest BCUT2D eigenvalue weighted by Gasteiger charge is -2.28. The third-order valence-corrected chi connectivity index (χ3v) is 9.94. The number of ether oxygens (including phenoxy) is 2. The quantitative estimate of drug-likeness (QED) is 0.247. The lowest BCUT2D eigenvalue weighted by molar-refractivity contribution is -0.144. The van der Waals surface area contributed by atoms with Gasteiger partial charge in [-0.15, -0.1) is 0 Å². The highest BCUT2D eigenvalue weighted by atomic mass is 32.2. The van der Waals surface area contributed by atoms with Crippen LogP contribution in [0.5, 0.6) is 11.6 Å². The van der Waals surface area contributed by atoms with E-state index in [1.54, 1.807) is 19.9 Å². The van der Waals surface area contributed by atoms with Gasteiger partial charge in [-0.3, -0.25) is 19.2 Å². The molecule has 0 saturated carbocycles. The first kappa shape index (κ1) is 39.0. The molecule has 3 aromatic rings. The summed E-state index contributed by atoms with van der Waals surface area (Å²) in [5, 5.41) is 14.7. The minimum atomic E-state index is -3.28. The molecule has 1 aromatic carbocycles. The van der Waals surface area contributed by atoms with Gasteiger partial charge in [0, 0.05) is 42.5 Å². The van der Waals surface area contributed by atoms with Crippen molar-refractivity contribution in [1.82, 2.24) is 20.2 Å². The van der Waals surface area contributed by atoms with E-state index in [0.717, 1.165) is 6.20 Å². The molecule has 4 heterocycles. The fraction of sp³-hybridized carbons (Fsp3) is 0.429. The molecule has 53 heavy (non-hydrogen) atoms. The van der Waals surface area contributed by atoms with E-state index in [1.807, 2.05) is 0 Å². The molecule has 18 heteroatoms. The molecule has 2 aromatic heterocycles. The molecule has 3 amide bonds. The smallest absolute Gasteiger partial charge is 0.305 e. The molecular weight excluding hydrogens is 716 g/mol. The number of nitrogens with zero attached hydrogens (tertiary/aromatic N) is 4. The van der Waals surface area contributed by atoms with Crippen molar-refractivity contribution in [3.05, 3.63) is 59.8 Å². The van der Waals surface area contributed by atoms with Crippen molar-refractivity contribution in [2.45, 2.75) is 63.4 Å². The van der Waals surface area contributed by atoms with Crippen LogP contribution in [0.15, 0.2) is 47.0 Å². The van der Waals surface area contributed by atoms with Gasteiger partial charge >= 0.3 is 5.97 Å². The number of fused-ring (bicyclic) bond motifs is 6. The van der Waals surface area contributed by atoms with Crippen molar-refractivity contribution in [2.24, 2.45) is 16.0 Å². The molecule has 0 spiro atoms. The monoisotopic (exact) mass is 757 g/mol. The van der Waals surface area contributed by atoms with E-state index in [9.17, 15) is 32.2 Å². The minimum Gasteiger partial charge on any atom is -0.493 e. The Morgan fingerprint density at radius 2 is 1.85 bits per heavy atom. The van der Waals surface area contributed by atoms with Crippen molar-refractivity contribution in [3.8, 4) is 22.8 Å². The van der Waals surface area contributed by atoms with Gasteiger partial charge in [0.15, 0.2) is 0 Å². The van der Waals surface area contributed by atoms with Crippen molar-refractivity contribution in [2.75, 3.05) is 31.3 Å². The average Bonchev–Trinajstić information content (AvgIpc) is 3.56. The molecule has 5 N–H and O–H groups in total. The van der Waals surface area contributed by atoms with E-state index in [1.165, 1.54) is 41.5 Å². The van der Waals surface area contributed by atoms with Gasteiger partial charge in [0.1, 0.15) is 41.1 Å². The second kappa shape index (κ2) is 16.6. The molecule has 0 unspecified atom stereocenters. The van der Waals surface area contributed by atoms with E-state index in [2.05, 4.69) is 25.0 Å². The van der Waals surface area contributed by atoms with E-state index in [-0.39, 0.29) is 60.8 Å². The van der Waals surface area contributed by atoms with Gasteiger partial charge in [0.2, 0.25) is 17.7 Å². The van der Waals surface area contributed by atoms with Crippen molar-refractivity contribution in [3.63, 3.8) is 0 Å². The Morgan fingerprint density at radius 1 is 1.09 bits per heavy atom. The summed E-state index contributed by atoms with van der Waals surface area (Å²) in [4.78, 5) is 60.5. The molecule has 5 rings (SSSR count). The van der Waals surface area contributed by atoms with E-state index < -0.39 is 75.5 Å². The summed E-state index contributed by atoms with van der Waals surface area (Å²) in [6.07, 6.45) is 2.83. The Labute approximate surface area is 304 Å². The van der Waals surface area contributed by atoms with Crippen molar-refractivity contribution >= 4 is 45.1 Å². The highest BCUT2D eigenvalue weighted by Crippen LogP contribution is 2.34. The zero-order chi connectivity index (χ0) is 38.4. The predicted molar refractivity (Wildman–Crippen MR) is 190 cm³/mol. The molecule has 15 nitrogen and oxygen atoms in total. The van der Waals surface area contributed by atoms with Gasteiger partial charge in [0.25, 0.3) is 5.91 Å². The zero-order valence-electron chi connectivity index (χ0n) is 29.3. The Kier molecular flexibility index (Phi) is 12.2. The third-order valence-electron chi connectivity index (χ3n) is 8.50. The number of carboxylic acids is 1. The van der Waals surface area contributed by atoms with Gasteiger partial charge in [-0.1, -0.05) is 13.8 Å². The number of likely N-dealkylation sites (tertiary alicyclic amines) is 1. The fourth-order valence-corrected chi connectivity index (χ4v) is 7.37. The lowest BCUT2D eigenvalue weighted by Crippen LogP contribution is -2.55. The SMILES string of the molecule is CC(C)[C@H](NC(=O)[C@@H]1CCCN1C(=O)[C@@H](N)CC(=O)O)C(=O)N=[S@](C)(=O)Cc1cc2nc(c1)OCCCOc1cc(F)ccc1-c1cc(ncc1F)N2. The Hall–Kier alpha value is -5.23. The number of amides is 3. The number of benzene rings is 1. The molecule has 2 aliphatic heterocycles. The zero-order valence-corrected chi connectivity index (χ0v) is 30.2. The third kappa shape index (κ3) is 10.0. The normalized spacial score (nSPS) is 17.8. The van der Waals surface area contributed by atoms with Gasteiger partial charge in [-0.25, -0.2) is 18.0 Å². The number of aliphatic carboxylic acids is 1. The first-order valence-corrected chi connectivity index (χ1v) is 19.0. The van der Waals surface area contributed by atoms with Gasteiger partial charge in [0.05, 0.1) is 47.4 Å². The topological polar surface area (TPSA) is 215 Å². The Morgan fingerprint density at radius 3 is 2.58 bits per heavy atom. The number of carboxylic acid groups (broad SMARTS) is 1. The summed E-state index contributed by atoms with van der Waals surface area (Å²) >= 11 is 0. The summed E-state index contributed by atoms with van der Waals surface area (Å²) in [5.74, 6) is -4.60. The molecule has 1 saturated heterocycles. The summed E-state index contributed by atoms with van der Waals surface area (Å²) in [6.45, 7) is 3.81. The number of carbonyl (C=O) groups is 4. The number of aromatic nitrogens is 2. The van der Waals surface area contributed by atoms with Gasteiger partial charge < -0.3 is 35.8 Å². The number of hydrogen-bond acceptors (Lipinski definition) is 11. The van der Waals surface area contributed by atoms with E-state index in [0.29, 0.717) is 24.0 Å². The maximum absolute atomic E-state index is 15.0. The average molecular weight is 758 g/mol. The first-order chi connectivity index (χ1) is 25.1. The molecule has 0 aliphatic carbocycles. The van der Waals surface area contributed by atoms with Crippen molar-refractivity contribution < 1.29 is 46.7 Å². The highest BCUT2D eigenvalue weighted by Gasteiger charge is 2.38. The van der Waals surface area contributed by atoms with E-state index >= 15 is 0 Å². The summed E-state index contributed by atoms with van der Waals surface area (Å²) in [5.41, 5.74) is 6.62. The fourth-order valence-electron chi connectivity index (χ4n) is 6.02. The summed E-state index contributed by atoms with van der Waals surface area (Å²) < 4.78 is 58.6. The molecule has 4 bridgehead atoms. The Balaban J connectivity index is 1.36. The number of nitrogens with two attached hydrogens (primary N) is 1. The molecule has 0 radical (unpaired) electrons. The molecule has 2 aliphatic rings. The van der Waals surface area contributed by atoms with Crippen LogP contribution in [0.4, 0.5) is 20.4 Å². The number of hydrogen-bond donors (Lipinski definition) is 4. The van der Waals surface area contributed by atoms with Gasteiger partial charge in [-0.2, -0.15) is 9.35 Å². The highest BCUT2D eigenvalue weighted by molar-refractivity contribution is 7.92. The van der Waals surface area contributed by atoms with Crippen LogP contribution >= 0.6 is 0 Å². The summed E-state index contributed by atoms with van der Waals surface area (Å²) in [7, 11) is -3.28. The number of carbonyl (C=O) groups excluding carboxylic acids is 3. The number of rotatable bonds is 9. The van der Waals surface area contributed by atoms with Crippen molar-refractivity contribution in [1.29, 1.82) is 0 Å². The molecule has 1 fully saturated rings. The summed E-state index contributed by atoms with van der Waals surface area (Å²) in [6, 6.07) is 4.83. The van der Waals surface area contributed by atoms with Crippen LogP contribution in [-0.2, 0) is 34.7 Å². The molecular formula is C35H41F2N7O8S. The van der Waals surface area contributed by atoms with Crippen LogP contribution in [0.25, 0.3) is 11.1 Å². The first-order valence-electron chi connectivity index (χ1n) is 16.9. The molecule has 4 atom stereocenters. The number of nitrogens with one attached hydrogen (secondary N) is 2. The standard InChI is InChI=1S/C35H41F2N7O8S/c1-19(2)32(42-33(47)26-6-4-9-44(26)35(49)25(38)16-31(45)46)34(48)43-53(3,50)18-20-12-29-40-28-15-23(24(37)17-39-28)22-8-7-21(36)14-27(22)51-10-5-11-52-30(13-20)41-29/h7-8,12-15,17,19,25-26,32H,4-6,9-11,16,18,38H2,1-3H3,(H,42,47)(H,45,46)(H,39,40,41)/t25-,26-,32-,53+/m0/s1. The van der Waals surface area contributed by atoms with Crippen LogP contribution in [0.2, 0.25) is 0 Å². The number of pyridine rings is 2. The van der Waals surface area contributed by atoms with Crippen LogP contribution < -0.4 is 25.8 Å². The number of halogens is 2.